The second kappa shape index (κ2) is 10.3. The summed E-state index contributed by atoms with van der Waals surface area (Å²) in [5.41, 5.74) is 1.69. The molecule has 0 aliphatic carbocycles. The topological polar surface area (TPSA) is 60.3 Å². The highest BCUT2D eigenvalue weighted by Gasteiger charge is 2.22. The molecule has 1 aromatic heterocycles. The number of halogens is 1. The number of aromatic nitrogens is 3. The van der Waals surface area contributed by atoms with Gasteiger partial charge in [0.1, 0.15) is 11.6 Å². The fourth-order valence-electron chi connectivity index (χ4n) is 3.25. The molecule has 0 aliphatic rings. The minimum atomic E-state index is -0.458. The smallest absolute Gasteiger partial charge is 0.237 e. The first-order valence-electron chi connectivity index (χ1n) is 10.4. The maximum absolute atomic E-state index is 13.2. The Morgan fingerprint density at radius 3 is 2.30 bits per heavy atom. The molecule has 4 aromatic rings. The van der Waals surface area contributed by atoms with E-state index >= 15 is 0 Å². The van der Waals surface area contributed by atoms with Crippen molar-refractivity contribution in [2.75, 3.05) is 17.7 Å². The van der Waals surface area contributed by atoms with Crippen molar-refractivity contribution in [3.05, 3.63) is 96.6 Å². The molecule has 33 heavy (non-hydrogen) atoms. The van der Waals surface area contributed by atoms with E-state index in [-0.39, 0.29) is 17.5 Å². The van der Waals surface area contributed by atoms with Gasteiger partial charge in [0.05, 0.1) is 5.75 Å². The molecule has 0 fully saturated rings. The summed E-state index contributed by atoms with van der Waals surface area (Å²) in [4.78, 5) is 14.4. The average Bonchev–Trinajstić information content (AvgIpc) is 3.28. The van der Waals surface area contributed by atoms with Gasteiger partial charge in [-0.3, -0.25) is 9.36 Å². The molecule has 3 aromatic carbocycles. The Morgan fingerprint density at radius 2 is 1.64 bits per heavy atom. The molecule has 0 saturated carbocycles. The van der Waals surface area contributed by atoms with E-state index in [0.717, 1.165) is 11.4 Å². The van der Waals surface area contributed by atoms with Crippen LogP contribution in [0.1, 0.15) is 18.9 Å². The van der Waals surface area contributed by atoms with Crippen molar-refractivity contribution in [3.8, 4) is 11.4 Å². The number of hydrogen-bond acceptors (Lipinski definition) is 5. The van der Waals surface area contributed by atoms with Crippen LogP contribution < -0.4 is 9.64 Å². The molecule has 8 heteroatoms. The molecule has 0 spiro atoms. The lowest BCUT2D eigenvalue weighted by Gasteiger charge is -2.18. The van der Waals surface area contributed by atoms with E-state index in [1.165, 1.54) is 23.9 Å². The minimum absolute atomic E-state index is 0.0500. The molecular formula is C25H23FN4O2S. The number of carbonyl (C=O) groups excluding carboxylic acids is 1. The van der Waals surface area contributed by atoms with Crippen molar-refractivity contribution < 1.29 is 13.9 Å². The highest BCUT2D eigenvalue weighted by atomic mass is 32.2. The maximum Gasteiger partial charge on any atom is 0.237 e. The number of thioether (sulfide) groups is 1. The molecular weight excluding hydrogens is 439 g/mol. The zero-order valence-corrected chi connectivity index (χ0v) is 19.1. The maximum atomic E-state index is 13.2. The summed E-state index contributed by atoms with van der Waals surface area (Å²) in [6, 6.07) is 25.0. The van der Waals surface area contributed by atoms with Gasteiger partial charge < -0.3 is 9.64 Å². The van der Waals surface area contributed by atoms with E-state index in [2.05, 4.69) is 10.2 Å². The van der Waals surface area contributed by atoms with Gasteiger partial charge in [-0.25, -0.2) is 4.39 Å². The van der Waals surface area contributed by atoms with Crippen LogP contribution in [0.2, 0.25) is 0 Å². The first-order valence-corrected chi connectivity index (χ1v) is 11.4. The highest BCUT2D eigenvalue weighted by Crippen LogP contribution is 2.28. The van der Waals surface area contributed by atoms with Gasteiger partial charge in [-0.2, -0.15) is 0 Å². The summed E-state index contributed by atoms with van der Waals surface area (Å²) in [5, 5.41) is 9.28. The van der Waals surface area contributed by atoms with E-state index in [4.69, 9.17) is 4.74 Å². The van der Waals surface area contributed by atoms with Gasteiger partial charge in [-0.05, 0) is 55.5 Å². The van der Waals surface area contributed by atoms with Gasteiger partial charge in [0.25, 0.3) is 0 Å². The van der Waals surface area contributed by atoms with Crippen LogP contribution in [0.25, 0.3) is 5.69 Å². The second-order valence-corrected chi connectivity index (χ2v) is 8.25. The third-order valence-corrected chi connectivity index (χ3v) is 5.92. The molecule has 1 atom stereocenters. The molecule has 1 amide bonds. The van der Waals surface area contributed by atoms with Crippen LogP contribution >= 0.6 is 11.8 Å². The predicted molar refractivity (Wildman–Crippen MR) is 127 cm³/mol. The summed E-state index contributed by atoms with van der Waals surface area (Å²) < 4.78 is 21.1. The lowest BCUT2D eigenvalue weighted by Crippen LogP contribution is -2.28. The third-order valence-electron chi connectivity index (χ3n) is 5.01. The SMILES string of the molecule is CC(Oc1ccc(F)cc1)c1nnc(SCC(=O)N(C)c2ccccc2)n1-c1ccccc1. The lowest BCUT2D eigenvalue weighted by atomic mass is 10.3. The summed E-state index contributed by atoms with van der Waals surface area (Å²) in [6.45, 7) is 1.86. The average molecular weight is 463 g/mol. The van der Waals surface area contributed by atoms with Gasteiger partial charge in [-0.1, -0.05) is 48.2 Å². The van der Waals surface area contributed by atoms with E-state index < -0.39 is 6.10 Å². The van der Waals surface area contributed by atoms with Crippen molar-refractivity contribution >= 4 is 23.4 Å². The van der Waals surface area contributed by atoms with Crippen molar-refractivity contribution in [1.29, 1.82) is 0 Å². The number of anilines is 1. The number of rotatable bonds is 8. The first kappa shape index (κ1) is 22.5. The normalized spacial score (nSPS) is 11.7. The quantitative estimate of drug-likeness (QED) is 0.333. The number of para-hydroxylation sites is 2. The predicted octanol–water partition coefficient (Wildman–Crippen LogP) is 5.30. The minimum Gasteiger partial charge on any atom is -0.483 e. The summed E-state index contributed by atoms with van der Waals surface area (Å²) in [6.07, 6.45) is -0.458. The van der Waals surface area contributed by atoms with Crippen LogP contribution in [0.4, 0.5) is 10.1 Å². The van der Waals surface area contributed by atoms with Crippen LogP contribution in [-0.4, -0.2) is 33.5 Å². The number of amides is 1. The molecule has 1 heterocycles. The fourth-order valence-corrected chi connectivity index (χ4v) is 4.12. The molecule has 0 saturated heterocycles. The van der Waals surface area contributed by atoms with E-state index in [1.54, 1.807) is 24.1 Å². The van der Waals surface area contributed by atoms with E-state index in [1.807, 2.05) is 72.2 Å². The third kappa shape index (κ3) is 5.40. The molecule has 4 rings (SSSR count). The van der Waals surface area contributed by atoms with Crippen molar-refractivity contribution in [3.63, 3.8) is 0 Å². The Hall–Kier alpha value is -3.65. The van der Waals surface area contributed by atoms with Crippen LogP contribution in [0.5, 0.6) is 5.75 Å². The van der Waals surface area contributed by atoms with Crippen LogP contribution in [-0.2, 0) is 4.79 Å². The summed E-state index contributed by atoms with van der Waals surface area (Å²) >= 11 is 1.31. The van der Waals surface area contributed by atoms with Gasteiger partial charge in [0.15, 0.2) is 17.1 Å². The molecule has 6 nitrogen and oxygen atoms in total. The van der Waals surface area contributed by atoms with Gasteiger partial charge in [0, 0.05) is 18.4 Å². The number of carbonyl (C=O) groups is 1. The number of ether oxygens (including phenoxy) is 1. The zero-order chi connectivity index (χ0) is 23.2. The van der Waals surface area contributed by atoms with Crippen LogP contribution in [0, 0.1) is 5.82 Å². The van der Waals surface area contributed by atoms with Gasteiger partial charge in [0.2, 0.25) is 5.91 Å². The number of hydrogen-bond donors (Lipinski definition) is 0. The Morgan fingerprint density at radius 1 is 1.00 bits per heavy atom. The molecule has 0 radical (unpaired) electrons. The van der Waals surface area contributed by atoms with Crippen molar-refractivity contribution in [2.45, 2.75) is 18.2 Å². The number of nitrogens with zero attached hydrogens (tertiary/aromatic N) is 4. The van der Waals surface area contributed by atoms with E-state index in [0.29, 0.717) is 16.7 Å². The lowest BCUT2D eigenvalue weighted by molar-refractivity contribution is -0.115. The molecule has 0 aliphatic heterocycles. The Kier molecular flexibility index (Phi) is 7.04. The molecule has 0 N–H and O–H groups in total. The summed E-state index contributed by atoms with van der Waals surface area (Å²) in [5.74, 6) is 0.929. The monoisotopic (exact) mass is 462 g/mol. The molecule has 168 valence electrons. The van der Waals surface area contributed by atoms with E-state index in [9.17, 15) is 9.18 Å². The Labute approximate surface area is 196 Å². The van der Waals surface area contributed by atoms with Crippen molar-refractivity contribution in [1.82, 2.24) is 14.8 Å². The second-order valence-electron chi connectivity index (χ2n) is 7.30. The standard InChI is InChI=1S/C25H23FN4O2S/c1-18(32-22-15-13-19(26)14-16-22)24-27-28-25(30(24)21-11-7-4-8-12-21)33-17-23(31)29(2)20-9-5-3-6-10-20/h3-16,18H,17H2,1-2H3. The first-order chi connectivity index (χ1) is 16.0. The van der Waals surface area contributed by atoms with Gasteiger partial charge in [-0.15, -0.1) is 10.2 Å². The zero-order valence-electron chi connectivity index (χ0n) is 18.3. The van der Waals surface area contributed by atoms with Crippen LogP contribution in [0.3, 0.4) is 0 Å². The van der Waals surface area contributed by atoms with Crippen LogP contribution in [0.15, 0.2) is 90.1 Å². The Bertz CT molecular complexity index is 1200. The van der Waals surface area contributed by atoms with Crippen molar-refractivity contribution in [2.24, 2.45) is 0 Å². The highest BCUT2D eigenvalue weighted by molar-refractivity contribution is 7.99. The Balaban J connectivity index is 1.56. The van der Waals surface area contributed by atoms with Gasteiger partial charge >= 0.3 is 0 Å². The molecule has 1 unspecified atom stereocenters. The number of benzene rings is 3. The largest absolute Gasteiger partial charge is 0.483 e. The molecule has 0 bridgehead atoms. The fraction of sp³-hybridized carbons (Fsp3) is 0.160. The summed E-state index contributed by atoms with van der Waals surface area (Å²) in [7, 11) is 1.75.